The molecule has 0 aromatic heterocycles. The third-order valence-corrected chi connectivity index (χ3v) is 2.16. The second kappa shape index (κ2) is 4.38. The van der Waals surface area contributed by atoms with Gasteiger partial charge in [-0.15, -0.1) is 0 Å². The van der Waals surface area contributed by atoms with Crippen LogP contribution in [0.2, 0.25) is 0 Å². The summed E-state index contributed by atoms with van der Waals surface area (Å²) in [6.07, 6.45) is 0.131. The van der Waals surface area contributed by atoms with E-state index in [-0.39, 0.29) is 11.7 Å². The molecule has 0 bridgehead atoms. The van der Waals surface area contributed by atoms with E-state index in [1.54, 1.807) is 12.1 Å². The smallest absolute Gasteiger partial charge is 0.123 e. The normalized spacial score (nSPS) is 15.4. The Morgan fingerprint density at radius 1 is 1.54 bits per heavy atom. The first kappa shape index (κ1) is 10.2. The van der Waals surface area contributed by atoms with Gasteiger partial charge in [0.15, 0.2) is 0 Å². The number of rotatable bonds is 3. The van der Waals surface area contributed by atoms with Crippen LogP contribution >= 0.6 is 0 Å². The maximum Gasteiger partial charge on any atom is 0.123 e. The number of halogens is 1. The lowest BCUT2D eigenvalue weighted by molar-refractivity contribution is 0.154. The predicted octanol–water partition coefficient (Wildman–Crippen LogP) is 2.51. The van der Waals surface area contributed by atoms with E-state index in [0.717, 1.165) is 5.56 Å². The Morgan fingerprint density at radius 2 is 2.23 bits per heavy atom. The third-order valence-electron chi connectivity index (χ3n) is 2.16. The average Bonchev–Trinajstić information content (AvgIpc) is 2.15. The number of aliphatic hydroxyl groups is 1. The highest BCUT2D eigenvalue weighted by atomic mass is 19.1. The van der Waals surface area contributed by atoms with Crippen molar-refractivity contribution >= 4 is 0 Å². The lowest BCUT2D eigenvalue weighted by Gasteiger charge is -2.17. The van der Waals surface area contributed by atoms with Crippen molar-refractivity contribution in [1.29, 1.82) is 0 Å². The molecule has 1 N–H and O–H groups in total. The lowest BCUT2D eigenvalue weighted by atomic mass is 9.94. The highest BCUT2D eigenvalue weighted by Gasteiger charge is 2.14. The van der Waals surface area contributed by atoms with Crippen LogP contribution in [-0.4, -0.2) is 11.2 Å². The minimum Gasteiger partial charge on any atom is -0.393 e. The van der Waals surface area contributed by atoms with Crippen molar-refractivity contribution in [2.45, 2.75) is 25.4 Å². The van der Waals surface area contributed by atoms with Gasteiger partial charge in [0, 0.05) is 5.92 Å². The van der Waals surface area contributed by atoms with Crippen molar-refractivity contribution in [3.05, 3.63) is 42.6 Å². The second-order valence-electron chi connectivity index (χ2n) is 3.14. The highest BCUT2D eigenvalue weighted by molar-refractivity contribution is 5.22. The maximum atomic E-state index is 12.8. The van der Waals surface area contributed by atoms with Crippen molar-refractivity contribution < 1.29 is 9.50 Å². The van der Waals surface area contributed by atoms with E-state index in [1.165, 1.54) is 12.1 Å². The molecule has 0 amide bonds. The summed E-state index contributed by atoms with van der Waals surface area (Å²) in [5, 5.41) is 9.49. The summed E-state index contributed by atoms with van der Waals surface area (Å²) in [5.74, 6) is -0.532. The first-order valence-electron chi connectivity index (χ1n) is 4.41. The predicted molar refractivity (Wildman–Crippen MR) is 50.8 cm³/mol. The van der Waals surface area contributed by atoms with Crippen LogP contribution in [0.1, 0.15) is 24.8 Å². The Balaban J connectivity index is 2.82. The molecule has 0 saturated heterocycles. The maximum absolute atomic E-state index is 12.8. The van der Waals surface area contributed by atoms with Gasteiger partial charge in [0.1, 0.15) is 5.82 Å². The van der Waals surface area contributed by atoms with Crippen molar-refractivity contribution in [3.63, 3.8) is 0 Å². The molecule has 13 heavy (non-hydrogen) atoms. The molecule has 0 saturated carbocycles. The van der Waals surface area contributed by atoms with Gasteiger partial charge < -0.3 is 5.11 Å². The van der Waals surface area contributed by atoms with Crippen LogP contribution in [0.3, 0.4) is 0 Å². The van der Waals surface area contributed by atoms with Crippen LogP contribution in [0.5, 0.6) is 0 Å². The number of hydrogen-bond donors (Lipinski definition) is 1. The number of hydrogen-bond acceptors (Lipinski definition) is 1. The van der Waals surface area contributed by atoms with E-state index in [4.69, 9.17) is 0 Å². The van der Waals surface area contributed by atoms with Crippen LogP contribution in [0.4, 0.5) is 4.39 Å². The van der Waals surface area contributed by atoms with Crippen LogP contribution in [0.15, 0.2) is 24.3 Å². The largest absolute Gasteiger partial charge is 0.393 e. The van der Waals surface area contributed by atoms with Crippen LogP contribution in [-0.2, 0) is 0 Å². The zero-order valence-electron chi connectivity index (χ0n) is 7.70. The minimum absolute atomic E-state index is 0.249. The summed E-state index contributed by atoms with van der Waals surface area (Å²) in [6.45, 7) is 5.68. The average molecular weight is 181 g/mol. The van der Waals surface area contributed by atoms with Crippen molar-refractivity contribution in [2.24, 2.45) is 0 Å². The highest BCUT2D eigenvalue weighted by Crippen LogP contribution is 2.20. The Hall–Kier alpha value is -0.890. The monoisotopic (exact) mass is 181 g/mol. The first-order chi connectivity index (χ1) is 6.15. The van der Waals surface area contributed by atoms with E-state index < -0.39 is 6.10 Å². The van der Waals surface area contributed by atoms with E-state index in [0.29, 0.717) is 6.42 Å². The Kier molecular flexibility index (Phi) is 3.43. The Morgan fingerprint density at radius 3 is 2.77 bits per heavy atom. The molecule has 0 aliphatic rings. The van der Waals surface area contributed by atoms with Gasteiger partial charge in [0.05, 0.1) is 6.10 Å². The number of benzene rings is 1. The van der Waals surface area contributed by atoms with Crippen LogP contribution in [0, 0.1) is 12.7 Å². The van der Waals surface area contributed by atoms with Crippen LogP contribution < -0.4 is 0 Å². The molecule has 0 fully saturated rings. The van der Waals surface area contributed by atoms with E-state index >= 15 is 0 Å². The fraction of sp³-hybridized carbons (Fsp3) is 0.364. The lowest BCUT2D eigenvalue weighted by Crippen LogP contribution is -2.14. The molecule has 71 valence electrons. The topological polar surface area (TPSA) is 20.2 Å². The summed E-state index contributed by atoms with van der Waals surface area (Å²) in [4.78, 5) is 0. The number of aliphatic hydroxyl groups excluding tert-OH is 1. The summed E-state index contributed by atoms with van der Waals surface area (Å²) >= 11 is 0. The molecule has 2 unspecified atom stereocenters. The van der Waals surface area contributed by atoms with Gasteiger partial charge in [-0.25, -0.2) is 4.39 Å². The van der Waals surface area contributed by atoms with Crippen LogP contribution in [0.25, 0.3) is 0 Å². The molecule has 1 nitrogen and oxygen atoms in total. The Bertz CT molecular complexity index is 273. The molecule has 2 heteroatoms. The quantitative estimate of drug-likeness (QED) is 0.759. The fourth-order valence-electron chi connectivity index (χ4n) is 1.24. The molecule has 1 aromatic rings. The molecular weight excluding hydrogens is 167 g/mol. The molecule has 0 aliphatic carbocycles. The fourth-order valence-corrected chi connectivity index (χ4v) is 1.24. The standard InChI is InChI=1S/C11H14FO/c1-3-11(13)8(2)9-5-4-6-10(12)7-9/h4-8,11,13H,2-3H2,1H3. The third kappa shape index (κ3) is 2.52. The zero-order valence-corrected chi connectivity index (χ0v) is 7.70. The minimum atomic E-state index is -0.498. The van der Waals surface area contributed by atoms with Gasteiger partial charge in [-0.3, -0.25) is 0 Å². The SMILES string of the molecule is [CH2]C(c1cccc(F)c1)C(O)CC. The van der Waals surface area contributed by atoms with E-state index in [9.17, 15) is 9.50 Å². The molecule has 1 radical (unpaired) electrons. The van der Waals surface area contributed by atoms with Gasteiger partial charge in [-0.05, 0) is 31.0 Å². The molecule has 1 rings (SSSR count). The zero-order chi connectivity index (χ0) is 9.84. The van der Waals surface area contributed by atoms with Crippen molar-refractivity contribution in [2.75, 3.05) is 0 Å². The van der Waals surface area contributed by atoms with Gasteiger partial charge in [-0.2, -0.15) is 0 Å². The first-order valence-corrected chi connectivity index (χ1v) is 4.41. The molecule has 2 atom stereocenters. The summed E-state index contributed by atoms with van der Waals surface area (Å²) in [6, 6.07) is 6.20. The van der Waals surface area contributed by atoms with Gasteiger partial charge >= 0.3 is 0 Å². The summed E-state index contributed by atoms with van der Waals surface area (Å²) < 4.78 is 12.8. The molecule has 0 heterocycles. The van der Waals surface area contributed by atoms with Crippen molar-refractivity contribution in [1.82, 2.24) is 0 Å². The molecule has 1 aromatic carbocycles. The van der Waals surface area contributed by atoms with E-state index in [2.05, 4.69) is 6.92 Å². The van der Waals surface area contributed by atoms with Crippen molar-refractivity contribution in [3.8, 4) is 0 Å². The van der Waals surface area contributed by atoms with Gasteiger partial charge in [-0.1, -0.05) is 19.1 Å². The van der Waals surface area contributed by atoms with Gasteiger partial charge in [0.2, 0.25) is 0 Å². The summed E-state index contributed by atoms with van der Waals surface area (Å²) in [5.41, 5.74) is 0.745. The second-order valence-corrected chi connectivity index (χ2v) is 3.14. The Labute approximate surface area is 78.2 Å². The summed E-state index contributed by atoms with van der Waals surface area (Å²) in [7, 11) is 0. The van der Waals surface area contributed by atoms with Gasteiger partial charge in [0.25, 0.3) is 0 Å². The molecule has 0 spiro atoms. The molecule has 0 aliphatic heterocycles. The van der Waals surface area contributed by atoms with E-state index in [1.807, 2.05) is 6.92 Å². The molecular formula is C11H14FO.